The van der Waals surface area contributed by atoms with Gasteiger partial charge in [-0.1, -0.05) is 36.4 Å². The third kappa shape index (κ3) is 2.86. The van der Waals surface area contributed by atoms with Crippen LogP contribution in [0.2, 0.25) is 0 Å². The van der Waals surface area contributed by atoms with Crippen LogP contribution in [0.3, 0.4) is 0 Å². The van der Waals surface area contributed by atoms with E-state index in [1.165, 1.54) is 0 Å². The van der Waals surface area contributed by atoms with Gasteiger partial charge in [0, 0.05) is 5.56 Å². The quantitative estimate of drug-likeness (QED) is 0.655. The van der Waals surface area contributed by atoms with E-state index < -0.39 is 0 Å². The van der Waals surface area contributed by atoms with Crippen LogP contribution in [-0.4, -0.2) is 10.9 Å². The summed E-state index contributed by atoms with van der Waals surface area (Å²) in [5.41, 5.74) is 2.27. The second kappa shape index (κ2) is 5.32. The predicted molar refractivity (Wildman–Crippen MR) is 72.7 cm³/mol. The van der Waals surface area contributed by atoms with Crippen molar-refractivity contribution in [1.82, 2.24) is 0 Å². The molecule has 0 atom stereocenters. The number of allylic oxidation sites excluding steroid dienone is 1. The number of carbonyl (C=O) groups excluding carboxylic acids is 1. The second-order valence-corrected chi connectivity index (χ2v) is 4.11. The first-order chi connectivity index (χ1) is 8.66. The van der Waals surface area contributed by atoms with E-state index in [2.05, 4.69) is 0 Å². The highest BCUT2D eigenvalue weighted by molar-refractivity contribution is 6.07. The van der Waals surface area contributed by atoms with E-state index in [-0.39, 0.29) is 11.5 Å². The summed E-state index contributed by atoms with van der Waals surface area (Å²) in [5.74, 6) is 0.139. The summed E-state index contributed by atoms with van der Waals surface area (Å²) < 4.78 is 0. The summed E-state index contributed by atoms with van der Waals surface area (Å²) in [6.45, 7) is 1.77. The Labute approximate surface area is 106 Å². The average molecular weight is 238 g/mol. The summed E-state index contributed by atoms with van der Waals surface area (Å²) in [6, 6.07) is 14.5. The van der Waals surface area contributed by atoms with E-state index in [0.29, 0.717) is 11.1 Å². The van der Waals surface area contributed by atoms with Crippen LogP contribution in [-0.2, 0) is 0 Å². The molecule has 0 heterocycles. The van der Waals surface area contributed by atoms with Crippen molar-refractivity contribution in [2.75, 3.05) is 0 Å². The lowest BCUT2D eigenvalue weighted by molar-refractivity contribution is 0.104. The molecule has 0 bridgehead atoms. The first-order valence-corrected chi connectivity index (χ1v) is 5.74. The molecule has 0 saturated carbocycles. The minimum Gasteiger partial charge on any atom is -0.508 e. The van der Waals surface area contributed by atoms with Gasteiger partial charge < -0.3 is 5.11 Å². The molecule has 0 aliphatic heterocycles. The first-order valence-electron chi connectivity index (χ1n) is 5.74. The lowest BCUT2D eigenvalue weighted by atomic mass is 10.1. The van der Waals surface area contributed by atoms with Gasteiger partial charge >= 0.3 is 0 Å². The van der Waals surface area contributed by atoms with Crippen molar-refractivity contribution in [3.05, 3.63) is 71.3 Å². The van der Waals surface area contributed by atoms with Crippen molar-refractivity contribution >= 4 is 11.9 Å². The molecule has 2 aromatic carbocycles. The Hall–Kier alpha value is -2.35. The normalized spacial score (nSPS) is 10.7. The van der Waals surface area contributed by atoms with Gasteiger partial charge in [-0.25, -0.2) is 0 Å². The lowest BCUT2D eigenvalue weighted by Gasteiger charge is -2.00. The molecule has 1 N–H and O–H groups in total. The van der Waals surface area contributed by atoms with Crippen LogP contribution in [0.25, 0.3) is 6.08 Å². The van der Waals surface area contributed by atoms with Crippen molar-refractivity contribution in [2.24, 2.45) is 0 Å². The van der Waals surface area contributed by atoms with Gasteiger partial charge in [0.05, 0.1) is 0 Å². The fraction of sp³-hybridized carbons (Fsp3) is 0.0625. The number of phenols is 1. The standard InChI is InChI=1S/C16H14O2/c1-12-11-14(8-10-15(12)17)16(18)9-7-13-5-3-2-4-6-13/h2-11,17H,1H3/b9-7+. The third-order valence-corrected chi connectivity index (χ3v) is 2.71. The summed E-state index contributed by atoms with van der Waals surface area (Å²) in [4.78, 5) is 11.9. The third-order valence-electron chi connectivity index (χ3n) is 2.71. The first kappa shape index (κ1) is 12.1. The van der Waals surface area contributed by atoms with Gasteiger partial charge in [-0.3, -0.25) is 4.79 Å². The zero-order valence-electron chi connectivity index (χ0n) is 10.1. The molecule has 0 spiro atoms. The minimum absolute atomic E-state index is 0.0676. The molecule has 0 unspecified atom stereocenters. The van der Waals surface area contributed by atoms with Gasteiger partial charge in [-0.05, 0) is 42.3 Å². The Morgan fingerprint density at radius 1 is 1.11 bits per heavy atom. The van der Waals surface area contributed by atoms with Crippen LogP contribution in [0.5, 0.6) is 5.75 Å². The number of benzene rings is 2. The Morgan fingerprint density at radius 3 is 2.50 bits per heavy atom. The van der Waals surface area contributed by atoms with Gasteiger partial charge in [0.15, 0.2) is 5.78 Å². The highest BCUT2D eigenvalue weighted by atomic mass is 16.3. The zero-order valence-corrected chi connectivity index (χ0v) is 10.1. The number of aryl methyl sites for hydroxylation is 1. The average Bonchev–Trinajstić information content (AvgIpc) is 2.40. The van der Waals surface area contributed by atoms with Crippen molar-refractivity contribution < 1.29 is 9.90 Å². The second-order valence-electron chi connectivity index (χ2n) is 4.11. The van der Waals surface area contributed by atoms with Gasteiger partial charge in [-0.15, -0.1) is 0 Å². The molecule has 0 aromatic heterocycles. The number of hydrogen-bond donors (Lipinski definition) is 1. The van der Waals surface area contributed by atoms with Gasteiger partial charge in [0.2, 0.25) is 0 Å². The molecule has 2 aromatic rings. The largest absolute Gasteiger partial charge is 0.508 e. The molecule has 2 nitrogen and oxygen atoms in total. The smallest absolute Gasteiger partial charge is 0.185 e. The molecule has 0 aliphatic carbocycles. The molecule has 2 heteroatoms. The maximum absolute atomic E-state index is 11.9. The van der Waals surface area contributed by atoms with Crippen LogP contribution in [0, 0.1) is 6.92 Å². The Kier molecular flexibility index (Phi) is 3.58. The molecule has 18 heavy (non-hydrogen) atoms. The van der Waals surface area contributed by atoms with E-state index in [0.717, 1.165) is 5.56 Å². The van der Waals surface area contributed by atoms with Gasteiger partial charge in [0.1, 0.15) is 5.75 Å². The van der Waals surface area contributed by atoms with Crippen LogP contribution in [0.4, 0.5) is 0 Å². The summed E-state index contributed by atoms with van der Waals surface area (Å²) in [5, 5.41) is 9.40. The fourth-order valence-electron chi connectivity index (χ4n) is 1.64. The number of hydrogen-bond acceptors (Lipinski definition) is 2. The van der Waals surface area contributed by atoms with E-state index in [1.54, 1.807) is 37.3 Å². The SMILES string of the molecule is Cc1cc(C(=O)/C=C/c2ccccc2)ccc1O. The van der Waals surface area contributed by atoms with Crippen LogP contribution >= 0.6 is 0 Å². The molecule has 0 fully saturated rings. The van der Waals surface area contributed by atoms with Crippen molar-refractivity contribution in [3.63, 3.8) is 0 Å². The summed E-state index contributed by atoms with van der Waals surface area (Å²) >= 11 is 0. The van der Waals surface area contributed by atoms with Crippen molar-refractivity contribution in [2.45, 2.75) is 6.92 Å². The summed E-state index contributed by atoms with van der Waals surface area (Å²) in [6.07, 6.45) is 3.33. The number of ketones is 1. The Morgan fingerprint density at radius 2 is 1.83 bits per heavy atom. The van der Waals surface area contributed by atoms with Crippen LogP contribution < -0.4 is 0 Å². The van der Waals surface area contributed by atoms with E-state index in [1.807, 2.05) is 30.3 Å². The fourth-order valence-corrected chi connectivity index (χ4v) is 1.64. The number of phenolic OH excluding ortho intramolecular Hbond substituents is 1. The maximum Gasteiger partial charge on any atom is 0.185 e. The minimum atomic E-state index is -0.0676. The Bertz CT molecular complexity index is 583. The summed E-state index contributed by atoms with van der Waals surface area (Å²) in [7, 11) is 0. The van der Waals surface area contributed by atoms with E-state index >= 15 is 0 Å². The van der Waals surface area contributed by atoms with Crippen LogP contribution in [0.15, 0.2) is 54.6 Å². The molecular weight excluding hydrogens is 224 g/mol. The maximum atomic E-state index is 11.9. The van der Waals surface area contributed by atoms with Gasteiger partial charge in [0.25, 0.3) is 0 Å². The monoisotopic (exact) mass is 238 g/mol. The van der Waals surface area contributed by atoms with E-state index in [9.17, 15) is 9.90 Å². The van der Waals surface area contributed by atoms with E-state index in [4.69, 9.17) is 0 Å². The number of aromatic hydroxyl groups is 1. The van der Waals surface area contributed by atoms with Crippen LogP contribution in [0.1, 0.15) is 21.5 Å². The topological polar surface area (TPSA) is 37.3 Å². The molecular formula is C16H14O2. The molecule has 0 aliphatic rings. The van der Waals surface area contributed by atoms with Crippen molar-refractivity contribution in [3.8, 4) is 5.75 Å². The number of carbonyl (C=O) groups is 1. The Balaban J connectivity index is 2.17. The zero-order chi connectivity index (χ0) is 13.0. The highest BCUT2D eigenvalue weighted by Crippen LogP contribution is 2.17. The van der Waals surface area contributed by atoms with Gasteiger partial charge in [-0.2, -0.15) is 0 Å². The molecule has 90 valence electrons. The molecule has 0 amide bonds. The number of rotatable bonds is 3. The lowest BCUT2D eigenvalue weighted by Crippen LogP contribution is -1.94. The van der Waals surface area contributed by atoms with Crippen molar-refractivity contribution in [1.29, 1.82) is 0 Å². The molecule has 0 saturated heterocycles. The highest BCUT2D eigenvalue weighted by Gasteiger charge is 2.03. The predicted octanol–water partition coefficient (Wildman–Crippen LogP) is 3.60. The molecule has 0 radical (unpaired) electrons. The molecule has 2 rings (SSSR count).